The van der Waals surface area contributed by atoms with Gasteiger partial charge in [0.1, 0.15) is 0 Å². The van der Waals surface area contributed by atoms with E-state index >= 15 is 0 Å². The van der Waals surface area contributed by atoms with Crippen LogP contribution in [-0.4, -0.2) is 29.6 Å². The lowest BCUT2D eigenvalue weighted by atomic mass is 10.1. The summed E-state index contributed by atoms with van der Waals surface area (Å²) in [6.07, 6.45) is 0.816. The molecule has 3 rings (SSSR count). The zero-order valence-electron chi connectivity index (χ0n) is 15.0. The van der Waals surface area contributed by atoms with Crippen LogP contribution in [0.5, 0.6) is 0 Å². The second-order valence-electron chi connectivity index (χ2n) is 6.26. The van der Waals surface area contributed by atoms with Crippen molar-refractivity contribution in [1.29, 1.82) is 0 Å². The number of fused-ring (bicyclic) bond motifs is 1. The monoisotopic (exact) mass is 357 g/mol. The van der Waals surface area contributed by atoms with E-state index < -0.39 is 10.0 Å². The van der Waals surface area contributed by atoms with E-state index in [0.717, 1.165) is 34.1 Å². The van der Waals surface area contributed by atoms with E-state index in [2.05, 4.69) is 12.0 Å². The molecule has 0 atom stereocenters. The van der Waals surface area contributed by atoms with E-state index in [1.165, 1.54) is 4.31 Å². The van der Waals surface area contributed by atoms with Gasteiger partial charge in [0, 0.05) is 31.9 Å². The zero-order valence-corrected chi connectivity index (χ0v) is 15.8. The molecule has 25 heavy (non-hydrogen) atoms. The lowest BCUT2D eigenvalue weighted by Crippen LogP contribution is -2.27. The number of benzene rings is 2. The van der Waals surface area contributed by atoms with Gasteiger partial charge >= 0.3 is 0 Å². The molecule has 0 saturated heterocycles. The van der Waals surface area contributed by atoms with Gasteiger partial charge in [-0.1, -0.05) is 37.3 Å². The molecular weight excluding hydrogens is 334 g/mol. The molecule has 0 fully saturated rings. The molecule has 132 valence electrons. The molecule has 0 spiro atoms. The summed E-state index contributed by atoms with van der Waals surface area (Å²) in [5.41, 5.74) is 2.93. The van der Waals surface area contributed by atoms with Crippen molar-refractivity contribution in [2.75, 3.05) is 7.05 Å². The number of aromatic nitrogens is 2. The molecule has 5 nitrogen and oxygen atoms in total. The molecule has 6 heteroatoms. The van der Waals surface area contributed by atoms with Gasteiger partial charge in [-0.15, -0.1) is 0 Å². The van der Waals surface area contributed by atoms with Crippen molar-refractivity contribution in [1.82, 2.24) is 14.1 Å². The van der Waals surface area contributed by atoms with Crippen LogP contribution in [0.3, 0.4) is 0 Å². The maximum Gasteiger partial charge on any atom is 0.243 e. The number of hydrogen-bond donors (Lipinski definition) is 0. The van der Waals surface area contributed by atoms with Gasteiger partial charge in [0.2, 0.25) is 10.0 Å². The third-order valence-electron chi connectivity index (χ3n) is 4.62. The van der Waals surface area contributed by atoms with E-state index in [0.29, 0.717) is 11.4 Å². The van der Waals surface area contributed by atoms with Crippen LogP contribution in [0.15, 0.2) is 47.4 Å². The van der Waals surface area contributed by atoms with Crippen LogP contribution >= 0.6 is 0 Å². The lowest BCUT2D eigenvalue weighted by Gasteiger charge is -2.18. The summed E-state index contributed by atoms with van der Waals surface area (Å²) in [5.74, 6) is 0. The molecule has 1 heterocycles. The van der Waals surface area contributed by atoms with Gasteiger partial charge in [-0.25, -0.2) is 8.42 Å². The van der Waals surface area contributed by atoms with E-state index in [1.54, 1.807) is 19.2 Å². The van der Waals surface area contributed by atoms with Crippen molar-refractivity contribution in [3.8, 4) is 0 Å². The topological polar surface area (TPSA) is 55.2 Å². The standard InChI is InChI=1S/C19H23N3O2S/c1-5-19-18(14(2)20-22(19)4)13-21(3)25(23,24)17-11-10-15-8-6-7-9-16(15)12-17/h6-12H,5,13H2,1-4H3. The summed E-state index contributed by atoms with van der Waals surface area (Å²) in [5, 5.41) is 6.37. The van der Waals surface area contributed by atoms with Crippen LogP contribution in [0.2, 0.25) is 0 Å². The average molecular weight is 357 g/mol. The minimum Gasteiger partial charge on any atom is -0.272 e. The Labute approximate surface area is 148 Å². The first-order chi connectivity index (χ1) is 11.8. The maximum atomic E-state index is 13.0. The number of hydrogen-bond acceptors (Lipinski definition) is 3. The second-order valence-corrected chi connectivity index (χ2v) is 8.30. The smallest absolute Gasteiger partial charge is 0.243 e. The summed E-state index contributed by atoms with van der Waals surface area (Å²) >= 11 is 0. The molecule has 1 aromatic heterocycles. The van der Waals surface area contributed by atoms with Crippen molar-refractivity contribution in [2.24, 2.45) is 7.05 Å². The Morgan fingerprint density at radius 3 is 2.48 bits per heavy atom. The van der Waals surface area contributed by atoms with Gasteiger partial charge in [0.25, 0.3) is 0 Å². The van der Waals surface area contributed by atoms with Crippen LogP contribution in [0.25, 0.3) is 10.8 Å². The highest BCUT2D eigenvalue weighted by Crippen LogP contribution is 2.24. The number of rotatable bonds is 5. The van der Waals surface area contributed by atoms with Crippen LogP contribution in [0.1, 0.15) is 23.9 Å². The molecule has 2 aromatic carbocycles. The minimum absolute atomic E-state index is 0.313. The molecule has 0 aliphatic heterocycles. The first-order valence-electron chi connectivity index (χ1n) is 8.31. The Hall–Kier alpha value is -2.18. The third kappa shape index (κ3) is 3.19. The summed E-state index contributed by atoms with van der Waals surface area (Å²) in [6, 6.07) is 13.0. The molecule has 0 amide bonds. The van der Waals surface area contributed by atoms with Gasteiger partial charge in [-0.2, -0.15) is 9.40 Å². The van der Waals surface area contributed by atoms with E-state index in [4.69, 9.17) is 0 Å². The Kier molecular flexibility index (Phi) is 4.67. The Morgan fingerprint density at radius 1 is 1.12 bits per heavy atom. The quantitative estimate of drug-likeness (QED) is 0.704. The number of sulfonamides is 1. The molecular formula is C19H23N3O2S. The zero-order chi connectivity index (χ0) is 18.2. The molecule has 0 aliphatic carbocycles. The largest absolute Gasteiger partial charge is 0.272 e. The van der Waals surface area contributed by atoms with Crippen LogP contribution in [0, 0.1) is 6.92 Å². The third-order valence-corrected chi connectivity index (χ3v) is 6.42. The molecule has 0 unspecified atom stereocenters. The number of nitrogens with zero attached hydrogens (tertiary/aromatic N) is 3. The summed E-state index contributed by atoms with van der Waals surface area (Å²) in [7, 11) is -0.0474. The summed E-state index contributed by atoms with van der Waals surface area (Å²) < 4.78 is 29.2. The SMILES string of the molecule is CCc1c(CN(C)S(=O)(=O)c2ccc3ccccc3c2)c(C)nn1C. The highest BCUT2D eigenvalue weighted by Gasteiger charge is 2.24. The normalized spacial score (nSPS) is 12.2. The molecule has 0 aliphatic rings. The maximum absolute atomic E-state index is 13.0. The molecule has 0 N–H and O–H groups in total. The van der Waals surface area contributed by atoms with Crippen molar-refractivity contribution < 1.29 is 8.42 Å². The molecule has 3 aromatic rings. The van der Waals surface area contributed by atoms with Crippen LogP contribution < -0.4 is 0 Å². The Morgan fingerprint density at radius 2 is 1.80 bits per heavy atom. The lowest BCUT2D eigenvalue weighted by molar-refractivity contribution is 0.464. The molecule has 0 saturated carbocycles. The van der Waals surface area contributed by atoms with Gasteiger partial charge in [-0.05, 0) is 36.2 Å². The molecule has 0 bridgehead atoms. The molecule has 0 radical (unpaired) electrons. The fraction of sp³-hybridized carbons (Fsp3) is 0.316. The first-order valence-corrected chi connectivity index (χ1v) is 9.75. The Bertz CT molecular complexity index is 1020. The van der Waals surface area contributed by atoms with Gasteiger partial charge in [0.05, 0.1) is 10.6 Å². The first kappa shape index (κ1) is 17.6. The van der Waals surface area contributed by atoms with Crippen molar-refractivity contribution >= 4 is 20.8 Å². The highest BCUT2D eigenvalue weighted by atomic mass is 32.2. The van der Waals surface area contributed by atoms with Crippen LogP contribution in [-0.2, 0) is 30.0 Å². The number of aryl methyl sites for hydroxylation is 2. The van der Waals surface area contributed by atoms with E-state index in [9.17, 15) is 8.42 Å². The van der Waals surface area contributed by atoms with Crippen molar-refractivity contribution in [3.63, 3.8) is 0 Å². The predicted molar refractivity (Wildman–Crippen MR) is 99.9 cm³/mol. The summed E-state index contributed by atoms with van der Waals surface area (Å²) in [6.45, 7) is 4.29. The Balaban J connectivity index is 1.96. The van der Waals surface area contributed by atoms with Crippen LogP contribution in [0.4, 0.5) is 0 Å². The van der Waals surface area contributed by atoms with Gasteiger partial charge in [-0.3, -0.25) is 4.68 Å². The fourth-order valence-electron chi connectivity index (χ4n) is 3.21. The van der Waals surface area contributed by atoms with Crippen molar-refractivity contribution in [3.05, 3.63) is 59.4 Å². The van der Waals surface area contributed by atoms with Gasteiger partial charge < -0.3 is 0 Å². The minimum atomic E-state index is -3.56. The van der Waals surface area contributed by atoms with Gasteiger partial charge in [0.15, 0.2) is 0 Å². The second kappa shape index (κ2) is 6.61. The summed E-state index contributed by atoms with van der Waals surface area (Å²) in [4.78, 5) is 0.313. The highest BCUT2D eigenvalue weighted by molar-refractivity contribution is 7.89. The van der Waals surface area contributed by atoms with Crippen molar-refractivity contribution in [2.45, 2.75) is 31.7 Å². The fourth-order valence-corrected chi connectivity index (χ4v) is 4.39. The van der Waals surface area contributed by atoms with E-state index in [1.807, 2.05) is 49.0 Å². The average Bonchev–Trinajstić information content (AvgIpc) is 2.87. The van der Waals surface area contributed by atoms with E-state index in [-0.39, 0.29) is 0 Å². The predicted octanol–water partition coefficient (Wildman–Crippen LogP) is 3.26.